The molecule has 7 rings (SSSR count). The van der Waals surface area contributed by atoms with Crippen LogP contribution in [0.25, 0.3) is 66.1 Å². The number of aryl methyl sites for hydroxylation is 1. The van der Waals surface area contributed by atoms with Gasteiger partial charge in [-0.25, -0.2) is 0 Å². The van der Waals surface area contributed by atoms with E-state index in [2.05, 4.69) is 122 Å². The topological polar surface area (TPSA) is 0 Å². The molecule has 0 bridgehead atoms. The highest BCUT2D eigenvalue weighted by Gasteiger charge is 2.30. The first-order valence-corrected chi connectivity index (χ1v) is 11.6. The summed E-state index contributed by atoms with van der Waals surface area (Å²) < 4.78 is 0. The summed E-state index contributed by atoms with van der Waals surface area (Å²) in [5, 5.41) is 5.35. The Bertz CT molecular complexity index is 1600. The van der Waals surface area contributed by atoms with Crippen LogP contribution in [0.1, 0.15) is 5.56 Å². The van der Waals surface area contributed by atoms with E-state index in [0.717, 1.165) is 0 Å². The van der Waals surface area contributed by atoms with E-state index >= 15 is 0 Å². The Morgan fingerprint density at radius 2 is 0.848 bits per heavy atom. The highest BCUT2D eigenvalue weighted by atomic mass is 14.3. The fourth-order valence-electron chi connectivity index (χ4n) is 5.76. The monoisotopic (exact) mass is 418 g/mol. The second-order valence-corrected chi connectivity index (χ2v) is 8.94. The van der Waals surface area contributed by atoms with E-state index in [1.54, 1.807) is 0 Å². The lowest BCUT2D eigenvalue weighted by Gasteiger charge is -2.20. The predicted octanol–water partition coefficient (Wildman–Crippen LogP) is 9.28. The predicted molar refractivity (Wildman–Crippen MR) is 141 cm³/mol. The first-order chi connectivity index (χ1) is 16.3. The van der Waals surface area contributed by atoms with Crippen molar-refractivity contribution in [3.05, 3.63) is 121 Å². The molecule has 0 atom stereocenters. The summed E-state index contributed by atoms with van der Waals surface area (Å²) in [6.07, 6.45) is 0. The standard InChI is InChI=1S/C33H22/c1-21-19-20-28-31-24(21)17-10-18-27(31)32-29(22-11-4-2-5-12-22)25-15-8-9-16-26(25)30(33(28)32)23-13-6-3-7-14-23/h2-20H,1H3. The van der Waals surface area contributed by atoms with Crippen molar-refractivity contribution in [1.29, 1.82) is 0 Å². The molecule has 1 aliphatic rings. The minimum atomic E-state index is 1.27. The van der Waals surface area contributed by atoms with Crippen LogP contribution in [0, 0.1) is 6.92 Å². The summed E-state index contributed by atoms with van der Waals surface area (Å²) >= 11 is 0. The van der Waals surface area contributed by atoms with Crippen molar-refractivity contribution in [2.45, 2.75) is 6.92 Å². The smallest absolute Gasteiger partial charge is 0.000741 e. The van der Waals surface area contributed by atoms with Crippen LogP contribution in [0.5, 0.6) is 0 Å². The van der Waals surface area contributed by atoms with Crippen molar-refractivity contribution in [3.8, 4) is 44.5 Å². The summed E-state index contributed by atoms with van der Waals surface area (Å²) in [5.41, 5.74) is 12.0. The summed E-state index contributed by atoms with van der Waals surface area (Å²) in [6.45, 7) is 2.22. The third-order valence-electron chi connectivity index (χ3n) is 7.14. The molecule has 0 aliphatic heterocycles. The van der Waals surface area contributed by atoms with E-state index in [1.165, 1.54) is 71.6 Å². The lowest BCUT2D eigenvalue weighted by atomic mass is 9.82. The van der Waals surface area contributed by atoms with E-state index < -0.39 is 0 Å². The molecule has 0 N–H and O–H groups in total. The van der Waals surface area contributed by atoms with E-state index in [-0.39, 0.29) is 0 Å². The Kier molecular flexibility index (Phi) is 3.86. The second kappa shape index (κ2) is 6.92. The Morgan fingerprint density at radius 3 is 1.42 bits per heavy atom. The van der Waals surface area contributed by atoms with Gasteiger partial charge in [-0.3, -0.25) is 0 Å². The molecule has 0 heteroatoms. The van der Waals surface area contributed by atoms with Gasteiger partial charge in [-0.2, -0.15) is 0 Å². The summed E-state index contributed by atoms with van der Waals surface area (Å²) in [4.78, 5) is 0. The number of hydrogen-bond donors (Lipinski definition) is 0. The molecular weight excluding hydrogens is 396 g/mol. The molecule has 6 aromatic carbocycles. The van der Waals surface area contributed by atoms with Gasteiger partial charge in [-0.05, 0) is 78.5 Å². The molecule has 33 heavy (non-hydrogen) atoms. The molecule has 0 amide bonds. The van der Waals surface area contributed by atoms with Crippen molar-refractivity contribution in [2.75, 3.05) is 0 Å². The first kappa shape index (κ1) is 18.4. The molecule has 6 aromatic rings. The van der Waals surface area contributed by atoms with E-state index in [0.29, 0.717) is 0 Å². The van der Waals surface area contributed by atoms with Crippen molar-refractivity contribution in [3.63, 3.8) is 0 Å². The lowest BCUT2D eigenvalue weighted by molar-refractivity contribution is 1.54. The molecular formula is C33H22. The van der Waals surface area contributed by atoms with Crippen LogP contribution in [0.15, 0.2) is 115 Å². The molecule has 0 nitrogen and oxygen atoms in total. The third kappa shape index (κ3) is 2.52. The number of fused-ring (bicyclic) bond motifs is 4. The Morgan fingerprint density at radius 1 is 0.364 bits per heavy atom. The zero-order valence-electron chi connectivity index (χ0n) is 18.5. The molecule has 0 saturated carbocycles. The van der Waals surface area contributed by atoms with Crippen LogP contribution in [0.3, 0.4) is 0 Å². The normalized spacial score (nSPS) is 11.8. The van der Waals surface area contributed by atoms with Gasteiger partial charge in [0.1, 0.15) is 0 Å². The summed E-state index contributed by atoms with van der Waals surface area (Å²) in [5.74, 6) is 0. The van der Waals surface area contributed by atoms with Crippen molar-refractivity contribution >= 4 is 21.5 Å². The van der Waals surface area contributed by atoms with Crippen molar-refractivity contribution in [1.82, 2.24) is 0 Å². The van der Waals surface area contributed by atoms with Gasteiger partial charge >= 0.3 is 0 Å². The number of benzene rings is 6. The molecule has 0 radical (unpaired) electrons. The van der Waals surface area contributed by atoms with Crippen LogP contribution in [0.2, 0.25) is 0 Å². The SMILES string of the molecule is Cc1ccc2c3c(cccc13)-c1c-2c(-c2ccccc2)c2ccccc2c1-c1ccccc1. The fraction of sp³-hybridized carbons (Fsp3) is 0.0303. The average molecular weight is 419 g/mol. The van der Waals surface area contributed by atoms with Crippen LogP contribution < -0.4 is 0 Å². The maximum atomic E-state index is 2.34. The highest BCUT2D eigenvalue weighted by molar-refractivity contribution is 6.27. The number of rotatable bonds is 2. The molecule has 0 heterocycles. The van der Waals surface area contributed by atoms with Gasteiger partial charge in [0.25, 0.3) is 0 Å². The zero-order chi connectivity index (χ0) is 21.9. The lowest BCUT2D eigenvalue weighted by Crippen LogP contribution is -1.93. The molecule has 0 unspecified atom stereocenters. The first-order valence-electron chi connectivity index (χ1n) is 11.6. The van der Waals surface area contributed by atoms with E-state index in [1.807, 2.05) is 0 Å². The van der Waals surface area contributed by atoms with E-state index in [9.17, 15) is 0 Å². The Labute approximate surface area is 193 Å². The fourth-order valence-corrected chi connectivity index (χ4v) is 5.76. The van der Waals surface area contributed by atoms with Crippen molar-refractivity contribution < 1.29 is 0 Å². The van der Waals surface area contributed by atoms with Gasteiger partial charge in [-0.15, -0.1) is 0 Å². The largest absolute Gasteiger partial charge is 0.0622 e. The highest BCUT2D eigenvalue weighted by Crippen LogP contribution is 2.57. The van der Waals surface area contributed by atoms with E-state index in [4.69, 9.17) is 0 Å². The van der Waals surface area contributed by atoms with Crippen molar-refractivity contribution in [2.24, 2.45) is 0 Å². The van der Waals surface area contributed by atoms with Gasteiger partial charge in [0.05, 0.1) is 0 Å². The molecule has 154 valence electrons. The van der Waals surface area contributed by atoms with Crippen LogP contribution in [-0.2, 0) is 0 Å². The minimum absolute atomic E-state index is 1.27. The molecule has 0 saturated heterocycles. The van der Waals surface area contributed by atoms with Crippen LogP contribution >= 0.6 is 0 Å². The quantitative estimate of drug-likeness (QED) is 0.262. The Hall–Kier alpha value is -4.16. The van der Waals surface area contributed by atoms with Crippen LogP contribution in [-0.4, -0.2) is 0 Å². The maximum absolute atomic E-state index is 2.34. The third-order valence-corrected chi connectivity index (χ3v) is 7.14. The van der Waals surface area contributed by atoms with Gasteiger partial charge in [0.15, 0.2) is 0 Å². The van der Waals surface area contributed by atoms with Gasteiger partial charge in [0.2, 0.25) is 0 Å². The van der Waals surface area contributed by atoms with Gasteiger partial charge in [-0.1, -0.05) is 115 Å². The molecule has 0 aromatic heterocycles. The second-order valence-electron chi connectivity index (χ2n) is 8.94. The molecule has 0 fully saturated rings. The number of hydrogen-bond acceptors (Lipinski definition) is 0. The zero-order valence-corrected chi connectivity index (χ0v) is 18.5. The maximum Gasteiger partial charge on any atom is -0.000741 e. The van der Waals surface area contributed by atoms with Gasteiger partial charge < -0.3 is 0 Å². The molecule has 0 spiro atoms. The Balaban J connectivity index is 1.78. The summed E-state index contributed by atoms with van der Waals surface area (Å²) in [7, 11) is 0. The van der Waals surface area contributed by atoms with Gasteiger partial charge in [0, 0.05) is 0 Å². The average Bonchev–Trinajstić information content (AvgIpc) is 3.21. The molecule has 1 aliphatic carbocycles. The summed E-state index contributed by atoms with van der Waals surface area (Å²) in [6, 6.07) is 42.1. The minimum Gasteiger partial charge on any atom is -0.0622 e. The van der Waals surface area contributed by atoms with Crippen LogP contribution in [0.4, 0.5) is 0 Å².